The molecule has 0 aromatic heterocycles. The Bertz CT molecular complexity index is 529. The fourth-order valence-electron chi connectivity index (χ4n) is 3.09. The Hall–Kier alpha value is -1.79. The van der Waals surface area contributed by atoms with Crippen LogP contribution in [0.4, 0.5) is 0 Å². The van der Waals surface area contributed by atoms with Crippen molar-refractivity contribution in [2.24, 2.45) is 11.7 Å². The summed E-state index contributed by atoms with van der Waals surface area (Å²) < 4.78 is 15.9. The second-order valence-electron chi connectivity index (χ2n) is 6.33. The van der Waals surface area contributed by atoms with Gasteiger partial charge in [-0.2, -0.15) is 0 Å². The van der Waals surface area contributed by atoms with Gasteiger partial charge in [-0.3, -0.25) is 4.79 Å². The molecule has 0 amide bonds. The number of benzene rings is 1. The van der Waals surface area contributed by atoms with E-state index in [2.05, 4.69) is 5.32 Å². The molecule has 0 unspecified atom stereocenters. The summed E-state index contributed by atoms with van der Waals surface area (Å²) in [5.41, 5.74) is 6.97. The molecule has 0 saturated heterocycles. The minimum absolute atomic E-state index is 0.317. The number of nitrogens with two attached hydrogens (primary N) is 1. The standard InChI is InChI=1S/C18H28N2O4/c1-12(21)24-18-16(22-2)8-14(9-17(18)23-3)11-20-10-13-4-6-15(19)7-5-13/h8-9,13,15,20H,4-7,10-11,19H2,1-3H3. The molecule has 2 rings (SSSR count). The van der Waals surface area contributed by atoms with Gasteiger partial charge in [0.15, 0.2) is 11.5 Å². The zero-order valence-electron chi connectivity index (χ0n) is 14.8. The van der Waals surface area contributed by atoms with Gasteiger partial charge in [0.2, 0.25) is 5.75 Å². The van der Waals surface area contributed by atoms with E-state index < -0.39 is 5.97 Å². The van der Waals surface area contributed by atoms with Crippen LogP contribution >= 0.6 is 0 Å². The first kappa shape index (κ1) is 18.5. The van der Waals surface area contributed by atoms with Crippen LogP contribution in [0.1, 0.15) is 38.2 Å². The number of rotatable bonds is 7. The van der Waals surface area contributed by atoms with E-state index in [9.17, 15) is 4.79 Å². The molecule has 1 aliphatic rings. The maximum Gasteiger partial charge on any atom is 0.308 e. The highest BCUT2D eigenvalue weighted by Gasteiger charge is 2.19. The molecule has 1 aromatic carbocycles. The van der Waals surface area contributed by atoms with Crippen molar-refractivity contribution in [3.8, 4) is 17.2 Å². The third-order valence-electron chi connectivity index (χ3n) is 4.42. The third-order valence-corrected chi connectivity index (χ3v) is 4.42. The number of carbonyl (C=O) groups excluding carboxylic acids is 1. The number of methoxy groups -OCH3 is 2. The van der Waals surface area contributed by atoms with Gasteiger partial charge < -0.3 is 25.3 Å². The first-order valence-electron chi connectivity index (χ1n) is 8.43. The minimum Gasteiger partial charge on any atom is -0.493 e. The van der Waals surface area contributed by atoms with Crippen LogP contribution in [-0.2, 0) is 11.3 Å². The summed E-state index contributed by atoms with van der Waals surface area (Å²) in [6.07, 6.45) is 4.61. The summed E-state index contributed by atoms with van der Waals surface area (Å²) in [5.74, 6) is 1.58. The smallest absolute Gasteiger partial charge is 0.308 e. The molecule has 0 heterocycles. The van der Waals surface area contributed by atoms with Crippen LogP contribution in [0.2, 0.25) is 0 Å². The molecule has 0 bridgehead atoms. The number of nitrogens with one attached hydrogen (secondary N) is 1. The summed E-state index contributed by atoms with van der Waals surface area (Å²) in [6, 6.07) is 4.11. The van der Waals surface area contributed by atoms with Crippen LogP contribution < -0.4 is 25.3 Å². The van der Waals surface area contributed by atoms with Crippen molar-refractivity contribution in [3.63, 3.8) is 0 Å². The molecule has 1 aliphatic carbocycles. The SMILES string of the molecule is COc1cc(CNCC2CCC(N)CC2)cc(OC)c1OC(C)=O. The molecule has 1 aromatic rings. The summed E-state index contributed by atoms with van der Waals surface area (Å²) in [4.78, 5) is 11.2. The lowest BCUT2D eigenvalue weighted by Gasteiger charge is -2.26. The number of hydrogen-bond donors (Lipinski definition) is 2. The van der Waals surface area contributed by atoms with Gasteiger partial charge in [0.05, 0.1) is 14.2 Å². The summed E-state index contributed by atoms with van der Waals surface area (Å²) >= 11 is 0. The quantitative estimate of drug-likeness (QED) is 0.587. The predicted octanol–water partition coefficient (Wildman–Crippen LogP) is 2.24. The van der Waals surface area contributed by atoms with Crippen LogP contribution in [0.3, 0.4) is 0 Å². The maximum atomic E-state index is 11.2. The van der Waals surface area contributed by atoms with Gasteiger partial charge in [-0.05, 0) is 55.8 Å². The van der Waals surface area contributed by atoms with Crippen molar-refractivity contribution in [2.45, 2.75) is 45.2 Å². The Morgan fingerprint density at radius 3 is 2.25 bits per heavy atom. The molecule has 6 heteroatoms. The fourth-order valence-corrected chi connectivity index (χ4v) is 3.09. The first-order valence-corrected chi connectivity index (χ1v) is 8.43. The molecule has 0 spiro atoms. The largest absolute Gasteiger partial charge is 0.493 e. The van der Waals surface area contributed by atoms with E-state index in [0.717, 1.165) is 24.9 Å². The van der Waals surface area contributed by atoms with Crippen molar-refractivity contribution >= 4 is 5.97 Å². The Balaban J connectivity index is 1.98. The van der Waals surface area contributed by atoms with Crippen LogP contribution in [0.15, 0.2) is 12.1 Å². The van der Waals surface area contributed by atoms with Gasteiger partial charge in [-0.15, -0.1) is 0 Å². The molecule has 3 N–H and O–H groups in total. The second-order valence-corrected chi connectivity index (χ2v) is 6.33. The van der Waals surface area contributed by atoms with Crippen LogP contribution in [0.5, 0.6) is 17.2 Å². The van der Waals surface area contributed by atoms with Crippen molar-refractivity contribution in [1.82, 2.24) is 5.32 Å². The second kappa shape index (κ2) is 8.89. The van der Waals surface area contributed by atoms with Gasteiger partial charge in [0.25, 0.3) is 0 Å². The van der Waals surface area contributed by atoms with Crippen LogP contribution in [-0.4, -0.2) is 32.8 Å². The van der Waals surface area contributed by atoms with Crippen molar-refractivity contribution in [2.75, 3.05) is 20.8 Å². The van der Waals surface area contributed by atoms with E-state index in [0.29, 0.717) is 35.8 Å². The molecule has 134 valence electrons. The average Bonchev–Trinajstić information content (AvgIpc) is 2.57. The molecular formula is C18H28N2O4. The topological polar surface area (TPSA) is 82.8 Å². The van der Waals surface area contributed by atoms with E-state index in [-0.39, 0.29) is 0 Å². The molecule has 0 atom stereocenters. The van der Waals surface area contributed by atoms with Gasteiger partial charge in [0.1, 0.15) is 0 Å². The van der Waals surface area contributed by atoms with E-state index >= 15 is 0 Å². The molecule has 1 fully saturated rings. The predicted molar refractivity (Wildman–Crippen MR) is 92.5 cm³/mol. The van der Waals surface area contributed by atoms with E-state index in [1.807, 2.05) is 12.1 Å². The molecule has 24 heavy (non-hydrogen) atoms. The number of esters is 1. The Kier molecular flexibility index (Phi) is 6.87. The molecule has 1 saturated carbocycles. The molecule has 6 nitrogen and oxygen atoms in total. The van der Waals surface area contributed by atoms with Gasteiger partial charge in [0, 0.05) is 19.5 Å². The normalized spacial score (nSPS) is 20.5. The van der Waals surface area contributed by atoms with Gasteiger partial charge in [-0.25, -0.2) is 0 Å². The van der Waals surface area contributed by atoms with Crippen molar-refractivity contribution < 1.29 is 19.0 Å². The monoisotopic (exact) mass is 336 g/mol. The molecular weight excluding hydrogens is 308 g/mol. The highest BCUT2D eigenvalue weighted by molar-refractivity contribution is 5.72. The summed E-state index contributed by atoms with van der Waals surface area (Å²) in [6.45, 7) is 3.03. The van der Waals surface area contributed by atoms with E-state index in [1.54, 1.807) is 14.2 Å². The van der Waals surface area contributed by atoms with E-state index in [1.165, 1.54) is 19.8 Å². The van der Waals surface area contributed by atoms with Gasteiger partial charge in [-0.1, -0.05) is 0 Å². The molecule has 0 aliphatic heterocycles. The Morgan fingerprint density at radius 1 is 1.17 bits per heavy atom. The first-order chi connectivity index (χ1) is 11.5. The lowest BCUT2D eigenvalue weighted by molar-refractivity contribution is -0.132. The third kappa shape index (κ3) is 5.11. The van der Waals surface area contributed by atoms with Gasteiger partial charge >= 0.3 is 5.97 Å². The number of hydrogen-bond acceptors (Lipinski definition) is 6. The van der Waals surface area contributed by atoms with Crippen LogP contribution in [0, 0.1) is 5.92 Å². The Morgan fingerprint density at radius 2 is 1.75 bits per heavy atom. The zero-order chi connectivity index (χ0) is 17.5. The highest BCUT2D eigenvalue weighted by Crippen LogP contribution is 2.38. The zero-order valence-corrected chi connectivity index (χ0v) is 14.8. The summed E-state index contributed by atoms with van der Waals surface area (Å²) in [7, 11) is 3.09. The lowest BCUT2D eigenvalue weighted by Crippen LogP contribution is -2.31. The lowest BCUT2D eigenvalue weighted by atomic mass is 9.86. The van der Waals surface area contributed by atoms with Crippen molar-refractivity contribution in [3.05, 3.63) is 17.7 Å². The highest BCUT2D eigenvalue weighted by atomic mass is 16.6. The average molecular weight is 336 g/mol. The van der Waals surface area contributed by atoms with E-state index in [4.69, 9.17) is 19.9 Å². The number of carbonyl (C=O) groups is 1. The number of ether oxygens (including phenoxy) is 3. The minimum atomic E-state index is -0.409. The van der Waals surface area contributed by atoms with Crippen LogP contribution in [0.25, 0.3) is 0 Å². The van der Waals surface area contributed by atoms with Crippen molar-refractivity contribution in [1.29, 1.82) is 0 Å². The summed E-state index contributed by atoms with van der Waals surface area (Å²) in [5, 5.41) is 3.49. The Labute approximate surface area is 143 Å². The maximum absolute atomic E-state index is 11.2. The fraction of sp³-hybridized carbons (Fsp3) is 0.611. The molecule has 0 radical (unpaired) electrons.